The van der Waals surface area contributed by atoms with Gasteiger partial charge in [-0.05, 0) is 50.1 Å². The predicted molar refractivity (Wildman–Crippen MR) is 72.7 cm³/mol. The zero-order valence-corrected chi connectivity index (χ0v) is 11.7. The fraction of sp³-hybridized carbons (Fsp3) is 0.812. The van der Waals surface area contributed by atoms with Gasteiger partial charge in [-0.1, -0.05) is 13.0 Å². The first-order valence-electron chi connectivity index (χ1n) is 7.77. The van der Waals surface area contributed by atoms with E-state index in [1.165, 1.54) is 5.57 Å². The molecule has 1 unspecified atom stereocenters. The van der Waals surface area contributed by atoms with Crippen LogP contribution in [0.3, 0.4) is 0 Å². The maximum Gasteiger partial charge on any atom is 0.141 e. The van der Waals surface area contributed by atoms with Crippen LogP contribution in [0.15, 0.2) is 11.6 Å². The van der Waals surface area contributed by atoms with Gasteiger partial charge in [0.25, 0.3) is 0 Å². The molecule has 4 aliphatic rings. The molecule has 0 aromatic heterocycles. The Hall–Kier alpha value is -0.670. The highest BCUT2D eigenvalue weighted by Crippen LogP contribution is 2.58. The van der Waals surface area contributed by atoms with E-state index >= 15 is 0 Å². The fourth-order valence-electron chi connectivity index (χ4n) is 5.63. The van der Waals surface area contributed by atoms with E-state index in [9.17, 15) is 9.90 Å². The number of Topliss-reactive ketones (excluding diaryl/α,β-unsaturated/α-hetero) is 1. The average Bonchev–Trinajstić information content (AvgIpc) is 2.33. The molecule has 0 aromatic rings. The van der Waals surface area contributed by atoms with Crippen molar-refractivity contribution in [1.82, 2.24) is 4.90 Å². The van der Waals surface area contributed by atoms with Gasteiger partial charge in [0.1, 0.15) is 5.78 Å². The third kappa shape index (κ3) is 1.38. The van der Waals surface area contributed by atoms with Gasteiger partial charge in [0.05, 0.1) is 11.1 Å². The Labute approximate surface area is 114 Å². The van der Waals surface area contributed by atoms with Gasteiger partial charge >= 0.3 is 0 Å². The topological polar surface area (TPSA) is 40.5 Å². The Kier molecular flexibility index (Phi) is 2.36. The zero-order valence-electron chi connectivity index (χ0n) is 11.7. The van der Waals surface area contributed by atoms with Gasteiger partial charge < -0.3 is 5.11 Å². The maximum absolute atomic E-state index is 12.6. The first-order chi connectivity index (χ1) is 9.06. The highest BCUT2D eigenvalue weighted by Gasteiger charge is 2.64. The molecule has 3 fully saturated rings. The minimum absolute atomic E-state index is 0.113. The average molecular weight is 261 g/mol. The molecule has 1 N–H and O–H groups in total. The molecule has 0 radical (unpaired) electrons. The van der Waals surface area contributed by atoms with Crippen LogP contribution in [0.2, 0.25) is 0 Å². The second-order valence-corrected chi connectivity index (χ2v) is 7.20. The molecule has 19 heavy (non-hydrogen) atoms. The predicted octanol–water partition coefficient (Wildman–Crippen LogP) is 1.90. The van der Waals surface area contributed by atoms with Crippen LogP contribution in [-0.4, -0.2) is 40.0 Å². The molecule has 1 spiro atoms. The van der Waals surface area contributed by atoms with Crippen LogP contribution in [0, 0.1) is 11.8 Å². The molecule has 2 bridgehead atoms. The van der Waals surface area contributed by atoms with E-state index in [-0.39, 0.29) is 11.5 Å². The number of aliphatic hydroxyl groups is 1. The first-order valence-corrected chi connectivity index (χ1v) is 7.77. The van der Waals surface area contributed by atoms with Crippen LogP contribution >= 0.6 is 0 Å². The van der Waals surface area contributed by atoms with Gasteiger partial charge in [-0.25, -0.2) is 0 Å². The van der Waals surface area contributed by atoms with Crippen LogP contribution in [0.25, 0.3) is 0 Å². The minimum Gasteiger partial charge on any atom is -0.385 e. The fourth-order valence-corrected chi connectivity index (χ4v) is 5.63. The molecule has 4 rings (SSSR count). The van der Waals surface area contributed by atoms with Crippen LogP contribution in [0.1, 0.15) is 45.4 Å². The molecular weight excluding hydrogens is 238 g/mol. The summed E-state index contributed by atoms with van der Waals surface area (Å²) >= 11 is 0. The van der Waals surface area contributed by atoms with Crippen molar-refractivity contribution < 1.29 is 9.90 Å². The molecule has 4 atom stereocenters. The lowest BCUT2D eigenvalue weighted by Gasteiger charge is -2.64. The molecule has 2 aliphatic heterocycles. The van der Waals surface area contributed by atoms with Crippen LogP contribution < -0.4 is 0 Å². The van der Waals surface area contributed by atoms with Crippen molar-refractivity contribution in [3.63, 3.8) is 0 Å². The molecule has 104 valence electrons. The molecule has 0 amide bonds. The molecule has 2 heterocycles. The smallest absolute Gasteiger partial charge is 0.141 e. The molecule has 2 saturated carbocycles. The quantitative estimate of drug-likeness (QED) is 0.677. The SMILES string of the molecule is CC1C[C@@]2(O)CC(=O)[C@H]3CCCN4CCC=C2[C@]34C1. The number of hydrogen-bond donors (Lipinski definition) is 1. The third-order valence-electron chi connectivity index (χ3n) is 5.98. The van der Waals surface area contributed by atoms with Crippen molar-refractivity contribution in [3.8, 4) is 0 Å². The van der Waals surface area contributed by atoms with E-state index in [1.807, 2.05) is 0 Å². The van der Waals surface area contributed by atoms with Gasteiger partial charge in [0.2, 0.25) is 0 Å². The van der Waals surface area contributed by atoms with E-state index in [2.05, 4.69) is 17.9 Å². The number of hydrogen-bond acceptors (Lipinski definition) is 3. The summed E-state index contributed by atoms with van der Waals surface area (Å²) in [6.07, 6.45) is 7.67. The van der Waals surface area contributed by atoms with Gasteiger partial charge in [-0.2, -0.15) is 0 Å². The summed E-state index contributed by atoms with van der Waals surface area (Å²) in [5.74, 6) is 0.977. The minimum atomic E-state index is -0.832. The number of piperidine rings is 1. The van der Waals surface area contributed by atoms with Gasteiger partial charge in [-0.3, -0.25) is 9.69 Å². The summed E-state index contributed by atoms with van der Waals surface area (Å²) in [5, 5.41) is 11.1. The number of rotatable bonds is 0. The zero-order chi connectivity index (χ0) is 13.3. The normalized spacial score (nSPS) is 49.6. The Morgan fingerprint density at radius 1 is 1.37 bits per heavy atom. The van der Waals surface area contributed by atoms with Crippen LogP contribution in [0.4, 0.5) is 0 Å². The Morgan fingerprint density at radius 3 is 3.05 bits per heavy atom. The second kappa shape index (κ2) is 3.70. The lowest BCUT2D eigenvalue weighted by Crippen LogP contribution is -2.71. The van der Waals surface area contributed by atoms with E-state index in [1.54, 1.807) is 0 Å². The van der Waals surface area contributed by atoms with Crippen molar-refractivity contribution in [2.75, 3.05) is 13.1 Å². The van der Waals surface area contributed by atoms with Crippen molar-refractivity contribution in [1.29, 1.82) is 0 Å². The molecule has 3 heteroatoms. The molecular formula is C16H23NO2. The first kappa shape index (κ1) is 12.1. The molecule has 1 saturated heterocycles. The molecule has 2 aliphatic carbocycles. The second-order valence-electron chi connectivity index (χ2n) is 7.20. The van der Waals surface area contributed by atoms with E-state index in [0.717, 1.165) is 45.2 Å². The summed E-state index contributed by atoms with van der Waals surface area (Å²) in [5.41, 5.74) is 0.271. The van der Waals surface area contributed by atoms with E-state index < -0.39 is 5.60 Å². The standard InChI is InChI=1S/C16H23NO2/c1-11-8-15(19)10-13(18)12-4-2-6-17-7-3-5-14(15)16(12,17)9-11/h5,11-12,19H,2-4,6-10H2,1H3/t11?,12-,15-,16+/m1/s1. The summed E-state index contributed by atoms with van der Waals surface area (Å²) < 4.78 is 0. The highest BCUT2D eigenvalue weighted by molar-refractivity contribution is 5.87. The van der Waals surface area contributed by atoms with Crippen LogP contribution in [0.5, 0.6) is 0 Å². The van der Waals surface area contributed by atoms with Crippen molar-refractivity contribution in [3.05, 3.63) is 11.6 Å². The molecule has 0 aromatic carbocycles. The summed E-state index contributed by atoms with van der Waals surface area (Å²) in [4.78, 5) is 15.1. The van der Waals surface area contributed by atoms with Crippen molar-refractivity contribution >= 4 is 5.78 Å². The van der Waals surface area contributed by atoms with Crippen molar-refractivity contribution in [2.24, 2.45) is 11.8 Å². The number of carbonyl (C=O) groups excluding carboxylic acids is 1. The lowest BCUT2D eigenvalue weighted by atomic mass is 9.50. The Balaban J connectivity index is 1.93. The Morgan fingerprint density at radius 2 is 2.21 bits per heavy atom. The van der Waals surface area contributed by atoms with Gasteiger partial charge in [0.15, 0.2) is 0 Å². The summed E-state index contributed by atoms with van der Waals surface area (Å²) in [6, 6.07) is 0. The van der Waals surface area contributed by atoms with Crippen molar-refractivity contribution in [2.45, 2.75) is 56.6 Å². The molecule has 3 nitrogen and oxygen atoms in total. The largest absolute Gasteiger partial charge is 0.385 e. The Bertz CT molecular complexity index is 471. The van der Waals surface area contributed by atoms with Gasteiger partial charge in [-0.15, -0.1) is 0 Å². The van der Waals surface area contributed by atoms with Crippen LogP contribution in [-0.2, 0) is 4.79 Å². The highest BCUT2D eigenvalue weighted by atomic mass is 16.3. The number of carbonyl (C=O) groups is 1. The summed E-state index contributed by atoms with van der Waals surface area (Å²) in [7, 11) is 0. The number of nitrogens with zero attached hydrogens (tertiary/aromatic N) is 1. The monoisotopic (exact) mass is 261 g/mol. The lowest BCUT2D eigenvalue weighted by molar-refractivity contribution is -0.154. The maximum atomic E-state index is 12.6. The number of ketones is 1. The van der Waals surface area contributed by atoms with Gasteiger partial charge in [0, 0.05) is 18.9 Å². The van der Waals surface area contributed by atoms with E-state index in [0.29, 0.717) is 18.1 Å². The van der Waals surface area contributed by atoms with E-state index in [4.69, 9.17) is 0 Å². The summed E-state index contributed by atoms with van der Waals surface area (Å²) in [6.45, 7) is 4.41. The third-order valence-corrected chi connectivity index (χ3v) is 5.98.